The topological polar surface area (TPSA) is 112 Å². The standard InChI is InChI=1S/C9H11N3O4/c1-9(16,8(14)15)4-12-7(13)6-2-10-5-11-3-6/h2-3,5,16H,4H2,1H3,(H,12,13)(H,14,15). The number of carboxylic acids is 1. The second kappa shape index (κ2) is 4.67. The quantitative estimate of drug-likeness (QED) is 0.608. The van der Waals surface area contributed by atoms with Gasteiger partial charge in [0.2, 0.25) is 0 Å². The van der Waals surface area contributed by atoms with E-state index in [0.29, 0.717) is 0 Å². The van der Waals surface area contributed by atoms with Crippen molar-refractivity contribution in [3.05, 3.63) is 24.3 Å². The molecule has 1 aromatic rings. The highest BCUT2D eigenvalue weighted by Crippen LogP contribution is 2.01. The average Bonchev–Trinajstić information content (AvgIpc) is 2.27. The first-order chi connectivity index (χ1) is 7.43. The van der Waals surface area contributed by atoms with Gasteiger partial charge in [0.1, 0.15) is 6.33 Å². The molecule has 1 heterocycles. The van der Waals surface area contributed by atoms with Crippen molar-refractivity contribution in [3.8, 4) is 0 Å². The van der Waals surface area contributed by atoms with Crippen molar-refractivity contribution < 1.29 is 19.8 Å². The van der Waals surface area contributed by atoms with E-state index in [1.54, 1.807) is 0 Å². The Morgan fingerprint density at radius 2 is 2.00 bits per heavy atom. The van der Waals surface area contributed by atoms with Crippen LogP contribution >= 0.6 is 0 Å². The van der Waals surface area contributed by atoms with Crippen molar-refractivity contribution in [2.75, 3.05) is 6.54 Å². The Kier molecular flexibility index (Phi) is 3.51. The molecule has 1 unspecified atom stereocenters. The van der Waals surface area contributed by atoms with E-state index in [-0.39, 0.29) is 5.56 Å². The van der Waals surface area contributed by atoms with Gasteiger partial charge in [-0.3, -0.25) is 4.79 Å². The Labute approximate surface area is 91.2 Å². The number of rotatable bonds is 4. The van der Waals surface area contributed by atoms with Crippen LogP contribution in [0.1, 0.15) is 17.3 Å². The summed E-state index contributed by atoms with van der Waals surface area (Å²) in [6.45, 7) is 0.702. The first-order valence-corrected chi connectivity index (χ1v) is 4.42. The maximum atomic E-state index is 11.4. The van der Waals surface area contributed by atoms with Crippen LogP contribution in [0.3, 0.4) is 0 Å². The molecule has 0 bridgehead atoms. The Morgan fingerprint density at radius 3 is 2.50 bits per heavy atom. The summed E-state index contributed by atoms with van der Waals surface area (Å²) in [7, 11) is 0. The summed E-state index contributed by atoms with van der Waals surface area (Å²) in [5, 5.41) is 20.2. The van der Waals surface area contributed by atoms with Crippen LogP contribution in [0.25, 0.3) is 0 Å². The van der Waals surface area contributed by atoms with Crippen molar-refractivity contribution in [2.45, 2.75) is 12.5 Å². The number of nitrogens with one attached hydrogen (secondary N) is 1. The van der Waals surface area contributed by atoms with Gasteiger partial charge >= 0.3 is 5.97 Å². The lowest BCUT2D eigenvalue weighted by Crippen LogP contribution is -2.46. The number of carbonyl (C=O) groups excluding carboxylic acids is 1. The van der Waals surface area contributed by atoms with E-state index in [2.05, 4.69) is 15.3 Å². The first kappa shape index (κ1) is 12.1. The molecule has 0 radical (unpaired) electrons. The third kappa shape index (κ3) is 2.99. The molecule has 1 aromatic heterocycles. The molecule has 1 amide bonds. The van der Waals surface area contributed by atoms with Gasteiger partial charge in [-0.2, -0.15) is 0 Å². The van der Waals surface area contributed by atoms with E-state index < -0.39 is 24.0 Å². The molecule has 1 rings (SSSR count). The molecule has 86 valence electrons. The molecule has 0 saturated carbocycles. The summed E-state index contributed by atoms with van der Waals surface area (Å²) < 4.78 is 0. The van der Waals surface area contributed by atoms with E-state index in [1.165, 1.54) is 18.7 Å². The fraction of sp³-hybridized carbons (Fsp3) is 0.333. The van der Waals surface area contributed by atoms with Gasteiger partial charge in [0, 0.05) is 12.4 Å². The van der Waals surface area contributed by atoms with Gasteiger partial charge in [0.25, 0.3) is 5.91 Å². The average molecular weight is 225 g/mol. The highest BCUT2D eigenvalue weighted by atomic mass is 16.4. The Bertz CT molecular complexity index is 391. The normalized spacial score (nSPS) is 13.9. The fourth-order valence-electron chi connectivity index (χ4n) is 0.846. The minimum atomic E-state index is -1.99. The zero-order valence-corrected chi connectivity index (χ0v) is 8.54. The van der Waals surface area contributed by atoms with Crippen LogP contribution in [0.4, 0.5) is 0 Å². The maximum Gasteiger partial charge on any atom is 0.337 e. The first-order valence-electron chi connectivity index (χ1n) is 4.42. The minimum absolute atomic E-state index is 0.198. The zero-order valence-electron chi connectivity index (χ0n) is 8.54. The summed E-state index contributed by atoms with van der Waals surface area (Å²) in [6, 6.07) is 0. The highest BCUT2D eigenvalue weighted by molar-refractivity contribution is 5.94. The molecule has 7 nitrogen and oxygen atoms in total. The number of hydrogen-bond donors (Lipinski definition) is 3. The van der Waals surface area contributed by atoms with Gasteiger partial charge in [-0.05, 0) is 6.92 Å². The van der Waals surface area contributed by atoms with Crippen LogP contribution < -0.4 is 5.32 Å². The van der Waals surface area contributed by atoms with Crippen LogP contribution in [0.2, 0.25) is 0 Å². The molecular formula is C9H11N3O4. The summed E-state index contributed by atoms with van der Waals surface area (Å²) in [5.74, 6) is -1.95. The predicted octanol–water partition coefficient (Wildman–Crippen LogP) is -0.958. The number of hydrogen-bond acceptors (Lipinski definition) is 5. The molecule has 0 saturated heterocycles. The maximum absolute atomic E-state index is 11.4. The molecule has 1 atom stereocenters. The summed E-state index contributed by atoms with van der Waals surface area (Å²) in [5.41, 5.74) is -1.80. The lowest BCUT2D eigenvalue weighted by Gasteiger charge is -2.17. The second-order valence-corrected chi connectivity index (χ2v) is 3.39. The lowest BCUT2D eigenvalue weighted by molar-refractivity contribution is -0.155. The number of carbonyl (C=O) groups is 2. The Balaban J connectivity index is 2.58. The molecule has 16 heavy (non-hydrogen) atoms. The van der Waals surface area contributed by atoms with E-state index in [4.69, 9.17) is 5.11 Å². The van der Waals surface area contributed by atoms with E-state index in [0.717, 1.165) is 6.92 Å². The van der Waals surface area contributed by atoms with Gasteiger partial charge in [-0.15, -0.1) is 0 Å². The SMILES string of the molecule is CC(O)(CNC(=O)c1cncnc1)C(=O)O. The van der Waals surface area contributed by atoms with Crippen LogP contribution in [-0.4, -0.2) is 44.2 Å². The van der Waals surface area contributed by atoms with Crippen LogP contribution in [0.15, 0.2) is 18.7 Å². The van der Waals surface area contributed by atoms with Crippen LogP contribution in [-0.2, 0) is 4.79 Å². The lowest BCUT2D eigenvalue weighted by atomic mass is 10.1. The molecule has 0 fully saturated rings. The summed E-state index contributed by atoms with van der Waals surface area (Å²) in [6.07, 6.45) is 3.85. The number of aromatic nitrogens is 2. The van der Waals surface area contributed by atoms with Crippen molar-refractivity contribution in [1.82, 2.24) is 15.3 Å². The molecule has 3 N–H and O–H groups in total. The van der Waals surface area contributed by atoms with E-state index >= 15 is 0 Å². The van der Waals surface area contributed by atoms with Gasteiger partial charge in [0.05, 0.1) is 12.1 Å². The summed E-state index contributed by atoms with van der Waals surface area (Å²) >= 11 is 0. The Morgan fingerprint density at radius 1 is 1.44 bits per heavy atom. The second-order valence-electron chi connectivity index (χ2n) is 3.39. The number of aliphatic hydroxyl groups is 1. The van der Waals surface area contributed by atoms with Crippen molar-refractivity contribution in [2.24, 2.45) is 0 Å². The largest absolute Gasteiger partial charge is 0.479 e. The van der Waals surface area contributed by atoms with Gasteiger partial charge in [-0.25, -0.2) is 14.8 Å². The van der Waals surface area contributed by atoms with E-state index in [9.17, 15) is 14.7 Å². The van der Waals surface area contributed by atoms with Crippen molar-refractivity contribution in [3.63, 3.8) is 0 Å². The third-order valence-electron chi connectivity index (χ3n) is 1.88. The molecule has 0 spiro atoms. The molecular weight excluding hydrogens is 214 g/mol. The van der Waals surface area contributed by atoms with Gasteiger partial charge < -0.3 is 15.5 Å². The monoisotopic (exact) mass is 225 g/mol. The Hall–Kier alpha value is -2.02. The number of amides is 1. The van der Waals surface area contributed by atoms with Crippen molar-refractivity contribution in [1.29, 1.82) is 0 Å². The summed E-state index contributed by atoms with van der Waals surface area (Å²) in [4.78, 5) is 29.2. The minimum Gasteiger partial charge on any atom is -0.479 e. The molecule has 0 aliphatic rings. The van der Waals surface area contributed by atoms with Crippen LogP contribution in [0, 0.1) is 0 Å². The molecule has 0 aliphatic heterocycles. The highest BCUT2D eigenvalue weighted by Gasteiger charge is 2.30. The van der Waals surface area contributed by atoms with Crippen molar-refractivity contribution >= 4 is 11.9 Å². The zero-order chi connectivity index (χ0) is 12.2. The molecule has 0 aromatic carbocycles. The van der Waals surface area contributed by atoms with E-state index in [1.807, 2.05) is 0 Å². The number of carboxylic acid groups (broad SMARTS) is 1. The predicted molar refractivity (Wildman–Crippen MR) is 52.6 cm³/mol. The molecule has 0 aliphatic carbocycles. The third-order valence-corrected chi connectivity index (χ3v) is 1.88. The van der Waals surface area contributed by atoms with Gasteiger partial charge in [0.15, 0.2) is 5.60 Å². The van der Waals surface area contributed by atoms with Gasteiger partial charge in [-0.1, -0.05) is 0 Å². The molecule has 7 heteroatoms. The number of aliphatic carboxylic acids is 1. The fourth-order valence-corrected chi connectivity index (χ4v) is 0.846. The van der Waals surface area contributed by atoms with Crippen LogP contribution in [0.5, 0.6) is 0 Å². The number of nitrogens with zero attached hydrogens (tertiary/aromatic N) is 2. The smallest absolute Gasteiger partial charge is 0.337 e.